The quantitative estimate of drug-likeness (QED) is 0.841. The standard InChI is InChI=1S/C17H21NOS/c19-16(4-3-15-2-1-5-20-15)18-17-9-12-6-13(10-17)8-14(7-12)11-17/h1-5,12-14H,6-11H2,(H,18,19)/b4-3-. The Balaban J connectivity index is 1.44. The molecular weight excluding hydrogens is 266 g/mol. The minimum Gasteiger partial charge on any atom is -0.347 e. The molecule has 4 bridgehead atoms. The number of hydrogen-bond acceptors (Lipinski definition) is 2. The Hall–Kier alpha value is -1.09. The molecule has 5 rings (SSSR count). The number of amides is 1. The summed E-state index contributed by atoms with van der Waals surface area (Å²) < 4.78 is 0. The third kappa shape index (κ3) is 2.32. The van der Waals surface area contributed by atoms with Crippen molar-refractivity contribution in [2.75, 3.05) is 0 Å². The maximum Gasteiger partial charge on any atom is 0.244 e. The van der Waals surface area contributed by atoms with Crippen molar-refractivity contribution >= 4 is 23.3 Å². The number of rotatable bonds is 3. The molecule has 1 aromatic heterocycles. The number of thiophene rings is 1. The van der Waals surface area contributed by atoms with Crippen LogP contribution in [0, 0.1) is 17.8 Å². The highest BCUT2D eigenvalue weighted by Crippen LogP contribution is 2.55. The van der Waals surface area contributed by atoms with Gasteiger partial charge in [-0.3, -0.25) is 4.79 Å². The predicted octanol–water partition coefficient (Wildman–Crippen LogP) is 3.85. The Kier molecular flexibility index (Phi) is 2.99. The van der Waals surface area contributed by atoms with Gasteiger partial charge >= 0.3 is 0 Å². The van der Waals surface area contributed by atoms with E-state index >= 15 is 0 Å². The minimum absolute atomic E-state index is 0.0975. The van der Waals surface area contributed by atoms with Gasteiger partial charge in [-0.15, -0.1) is 11.3 Å². The van der Waals surface area contributed by atoms with Gasteiger partial charge in [-0.25, -0.2) is 0 Å². The number of carbonyl (C=O) groups excluding carboxylic acids is 1. The molecule has 0 spiro atoms. The lowest BCUT2D eigenvalue weighted by atomic mass is 9.53. The predicted molar refractivity (Wildman–Crippen MR) is 82.4 cm³/mol. The summed E-state index contributed by atoms with van der Waals surface area (Å²) in [6.45, 7) is 0. The molecule has 1 heterocycles. The molecular formula is C17H21NOS. The number of nitrogens with one attached hydrogen (secondary N) is 1. The van der Waals surface area contributed by atoms with Crippen molar-refractivity contribution in [2.45, 2.75) is 44.1 Å². The van der Waals surface area contributed by atoms with E-state index < -0.39 is 0 Å². The van der Waals surface area contributed by atoms with Gasteiger partial charge in [-0.1, -0.05) is 6.07 Å². The summed E-state index contributed by atoms with van der Waals surface area (Å²) in [7, 11) is 0. The van der Waals surface area contributed by atoms with E-state index in [2.05, 4.69) is 5.32 Å². The van der Waals surface area contributed by atoms with Crippen molar-refractivity contribution in [1.29, 1.82) is 0 Å². The Labute approximate surface area is 124 Å². The first-order valence-electron chi connectivity index (χ1n) is 7.74. The molecule has 0 atom stereocenters. The average molecular weight is 287 g/mol. The molecule has 3 heteroatoms. The lowest BCUT2D eigenvalue weighted by molar-refractivity contribution is -0.122. The Morgan fingerprint density at radius 1 is 1.20 bits per heavy atom. The van der Waals surface area contributed by atoms with Crippen LogP contribution in [0.15, 0.2) is 23.6 Å². The van der Waals surface area contributed by atoms with Crippen molar-refractivity contribution in [3.63, 3.8) is 0 Å². The lowest BCUT2D eigenvalue weighted by Crippen LogP contribution is -2.59. The van der Waals surface area contributed by atoms with E-state index in [-0.39, 0.29) is 11.4 Å². The van der Waals surface area contributed by atoms with E-state index in [1.807, 2.05) is 23.6 Å². The van der Waals surface area contributed by atoms with Crippen molar-refractivity contribution < 1.29 is 4.79 Å². The van der Waals surface area contributed by atoms with E-state index in [1.165, 1.54) is 38.5 Å². The van der Waals surface area contributed by atoms with Crippen LogP contribution in [0.3, 0.4) is 0 Å². The molecule has 4 aliphatic rings. The van der Waals surface area contributed by atoms with Gasteiger partial charge in [0.25, 0.3) is 0 Å². The van der Waals surface area contributed by atoms with Gasteiger partial charge < -0.3 is 5.32 Å². The average Bonchev–Trinajstić information content (AvgIpc) is 2.87. The third-order valence-corrected chi connectivity index (χ3v) is 6.21. The van der Waals surface area contributed by atoms with Crippen LogP contribution >= 0.6 is 11.3 Å². The molecule has 1 N–H and O–H groups in total. The fourth-order valence-corrected chi connectivity index (χ4v) is 5.73. The second-order valence-corrected chi connectivity index (χ2v) is 8.02. The van der Waals surface area contributed by atoms with Gasteiger partial charge in [0.05, 0.1) is 0 Å². The number of carbonyl (C=O) groups is 1. The monoisotopic (exact) mass is 287 g/mol. The van der Waals surface area contributed by atoms with Crippen LogP contribution in [0.1, 0.15) is 43.4 Å². The summed E-state index contributed by atoms with van der Waals surface area (Å²) in [4.78, 5) is 13.4. The molecule has 0 aromatic carbocycles. The summed E-state index contributed by atoms with van der Waals surface area (Å²) in [6, 6.07) is 4.06. The maximum atomic E-state index is 12.2. The van der Waals surface area contributed by atoms with E-state index in [0.717, 1.165) is 22.6 Å². The third-order valence-electron chi connectivity index (χ3n) is 5.37. The van der Waals surface area contributed by atoms with E-state index in [0.29, 0.717) is 0 Å². The molecule has 0 unspecified atom stereocenters. The lowest BCUT2D eigenvalue weighted by Gasteiger charge is -2.56. The van der Waals surface area contributed by atoms with Crippen molar-refractivity contribution in [1.82, 2.24) is 5.32 Å². The van der Waals surface area contributed by atoms with E-state index in [1.54, 1.807) is 17.4 Å². The second-order valence-electron chi connectivity index (χ2n) is 7.04. The maximum absolute atomic E-state index is 12.2. The summed E-state index contributed by atoms with van der Waals surface area (Å²) in [5.41, 5.74) is 0.131. The first-order valence-corrected chi connectivity index (χ1v) is 8.62. The van der Waals surface area contributed by atoms with Crippen LogP contribution in [-0.2, 0) is 4.79 Å². The summed E-state index contributed by atoms with van der Waals surface area (Å²) in [5, 5.41) is 5.40. The zero-order chi connectivity index (χ0) is 13.6. The minimum atomic E-state index is 0.0975. The topological polar surface area (TPSA) is 29.1 Å². The molecule has 4 saturated carbocycles. The molecule has 4 fully saturated rings. The van der Waals surface area contributed by atoms with Crippen LogP contribution in [0.2, 0.25) is 0 Å². The highest BCUT2D eigenvalue weighted by atomic mass is 32.1. The molecule has 20 heavy (non-hydrogen) atoms. The van der Waals surface area contributed by atoms with Gasteiger partial charge in [-0.2, -0.15) is 0 Å². The summed E-state index contributed by atoms with van der Waals surface area (Å²) in [6.07, 6.45) is 11.6. The van der Waals surface area contributed by atoms with E-state index in [9.17, 15) is 4.79 Å². The Morgan fingerprint density at radius 3 is 2.40 bits per heavy atom. The fourth-order valence-electron chi connectivity index (χ4n) is 5.11. The molecule has 0 radical (unpaired) electrons. The normalized spacial score (nSPS) is 38.5. The second kappa shape index (κ2) is 4.73. The molecule has 1 aromatic rings. The van der Waals surface area contributed by atoms with Crippen LogP contribution in [0.5, 0.6) is 0 Å². The van der Waals surface area contributed by atoms with Crippen LogP contribution in [0.4, 0.5) is 0 Å². The van der Waals surface area contributed by atoms with Gasteiger partial charge in [0.1, 0.15) is 0 Å². The van der Waals surface area contributed by atoms with Crippen molar-refractivity contribution in [3.05, 3.63) is 28.5 Å². The molecule has 0 aliphatic heterocycles. The molecule has 0 saturated heterocycles. The Bertz CT molecular complexity index is 496. The van der Waals surface area contributed by atoms with Gasteiger partial charge in [0, 0.05) is 16.5 Å². The Morgan fingerprint density at radius 2 is 1.85 bits per heavy atom. The van der Waals surface area contributed by atoms with Crippen LogP contribution in [0.25, 0.3) is 6.08 Å². The highest BCUT2D eigenvalue weighted by molar-refractivity contribution is 7.10. The number of hydrogen-bond donors (Lipinski definition) is 1. The zero-order valence-electron chi connectivity index (χ0n) is 11.7. The van der Waals surface area contributed by atoms with Gasteiger partial charge in [-0.05, 0) is 73.8 Å². The first kappa shape index (κ1) is 12.6. The highest BCUT2D eigenvalue weighted by Gasteiger charge is 2.51. The zero-order valence-corrected chi connectivity index (χ0v) is 12.5. The SMILES string of the molecule is O=C(/C=C\c1cccs1)NC12CC3CC(CC(C3)C1)C2. The van der Waals surface area contributed by atoms with Crippen LogP contribution < -0.4 is 5.32 Å². The molecule has 106 valence electrons. The van der Waals surface area contributed by atoms with Crippen LogP contribution in [-0.4, -0.2) is 11.4 Å². The van der Waals surface area contributed by atoms with Crippen molar-refractivity contribution in [3.8, 4) is 0 Å². The van der Waals surface area contributed by atoms with Gasteiger partial charge in [0.15, 0.2) is 0 Å². The van der Waals surface area contributed by atoms with E-state index in [4.69, 9.17) is 0 Å². The molecule has 2 nitrogen and oxygen atoms in total. The summed E-state index contributed by atoms with van der Waals surface area (Å²) in [5.74, 6) is 2.73. The largest absolute Gasteiger partial charge is 0.347 e. The van der Waals surface area contributed by atoms with Crippen molar-refractivity contribution in [2.24, 2.45) is 17.8 Å². The first-order chi connectivity index (χ1) is 9.71. The fraction of sp³-hybridized carbons (Fsp3) is 0.588. The van der Waals surface area contributed by atoms with Gasteiger partial charge in [0.2, 0.25) is 5.91 Å². The smallest absolute Gasteiger partial charge is 0.244 e. The summed E-state index contributed by atoms with van der Waals surface area (Å²) >= 11 is 1.67. The molecule has 4 aliphatic carbocycles. The molecule has 1 amide bonds.